The lowest BCUT2D eigenvalue weighted by molar-refractivity contribution is -0.192. The summed E-state index contributed by atoms with van der Waals surface area (Å²) in [4.78, 5) is 27.9. The molecule has 0 bridgehead atoms. The molecule has 0 atom stereocenters. The number of carboxylic acids is 1. The number of carbonyl (C=O) groups is 2. The fraction of sp³-hybridized carbons (Fsp3) is 0.333. The average Bonchev–Trinajstić information content (AvgIpc) is 3.43. The number of hydrogen-bond acceptors (Lipinski definition) is 4. The number of aryl methyl sites for hydroxylation is 1. The van der Waals surface area contributed by atoms with Crippen LogP contribution in [0.15, 0.2) is 43.0 Å². The Hall–Kier alpha value is -3.57. The molecule has 0 saturated carbocycles. The van der Waals surface area contributed by atoms with Crippen LogP contribution < -0.4 is 0 Å². The second kappa shape index (κ2) is 8.43. The standard InChI is InChI=1S/C16H18N6O.C2HF3O2/c1-19-6-2-4-14(19)16(23)20-8-9-22-13(10-17-15(22)12-20)11-21-7-3-5-18-21;3-2(4,5)1(6)7/h2-7,10H,8-9,11-12H2,1H3;(H,6,7). The number of aromatic nitrogens is 5. The zero-order valence-corrected chi connectivity index (χ0v) is 16.0. The molecule has 0 spiro atoms. The first-order chi connectivity index (χ1) is 14.2. The summed E-state index contributed by atoms with van der Waals surface area (Å²) in [6.45, 7) is 2.70. The molecule has 30 heavy (non-hydrogen) atoms. The number of carbonyl (C=O) groups excluding carboxylic acids is 1. The van der Waals surface area contributed by atoms with Crippen LogP contribution in [0.4, 0.5) is 13.2 Å². The Labute approximate surface area is 169 Å². The number of nitrogens with zero attached hydrogens (tertiary/aromatic N) is 6. The molecular weight excluding hydrogens is 405 g/mol. The van der Waals surface area contributed by atoms with Gasteiger partial charge in [-0.3, -0.25) is 9.48 Å². The predicted molar refractivity (Wildman–Crippen MR) is 97.4 cm³/mol. The van der Waals surface area contributed by atoms with Crippen LogP contribution in [0, 0.1) is 0 Å². The first-order valence-electron chi connectivity index (χ1n) is 8.88. The van der Waals surface area contributed by atoms with Crippen molar-refractivity contribution in [3.8, 4) is 0 Å². The lowest BCUT2D eigenvalue weighted by Gasteiger charge is -2.28. The minimum absolute atomic E-state index is 0.0559. The molecule has 3 aromatic heterocycles. The highest BCUT2D eigenvalue weighted by Gasteiger charge is 2.38. The van der Waals surface area contributed by atoms with E-state index in [-0.39, 0.29) is 5.91 Å². The van der Waals surface area contributed by atoms with Gasteiger partial charge in [0.1, 0.15) is 11.5 Å². The fourth-order valence-electron chi connectivity index (χ4n) is 3.03. The van der Waals surface area contributed by atoms with Crippen LogP contribution in [0.5, 0.6) is 0 Å². The lowest BCUT2D eigenvalue weighted by atomic mass is 10.3. The molecule has 0 fully saturated rings. The molecule has 160 valence electrons. The van der Waals surface area contributed by atoms with Crippen LogP contribution in [0.2, 0.25) is 0 Å². The van der Waals surface area contributed by atoms with E-state index in [9.17, 15) is 18.0 Å². The van der Waals surface area contributed by atoms with Gasteiger partial charge in [0.25, 0.3) is 5.91 Å². The summed E-state index contributed by atoms with van der Waals surface area (Å²) < 4.78 is 37.7. The van der Waals surface area contributed by atoms with Gasteiger partial charge in [0.05, 0.1) is 25.0 Å². The molecule has 0 aliphatic carbocycles. The average molecular weight is 424 g/mol. The van der Waals surface area contributed by atoms with Gasteiger partial charge in [0.15, 0.2) is 0 Å². The number of imidazole rings is 1. The van der Waals surface area contributed by atoms with E-state index in [0.717, 1.165) is 18.1 Å². The van der Waals surface area contributed by atoms with E-state index in [1.54, 1.807) is 6.20 Å². The molecule has 1 N–H and O–H groups in total. The van der Waals surface area contributed by atoms with Crippen LogP contribution in [0.1, 0.15) is 22.0 Å². The maximum absolute atomic E-state index is 12.6. The quantitative estimate of drug-likeness (QED) is 0.691. The number of halogens is 3. The molecular formula is C18H19F3N6O3. The minimum atomic E-state index is -5.08. The van der Waals surface area contributed by atoms with Gasteiger partial charge in [-0.2, -0.15) is 18.3 Å². The Balaban J connectivity index is 0.000000318. The molecule has 1 aliphatic heterocycles. The monoisotopic (exact) mass is 424 g/mol. The fourth-order valence-corrected chi connectivity index (χ4v) is 3.03. The number of carboxylic acid groups (broad SMARTS) is 1. The van der Waals surface area contributed by atoms with Crippen molar-refractivity contribution in [1.82, 2.24) is 28.8 Å². The third-order valence-corrected chi connectivity index (χ3v) is 4.52. The molecule has 9 nitrogen and oxygen atoms in total. The maximum atomic E-state index is 12.6. The van der Waals surface area contributed by atoms with E-state index in [1.807, 2.05) is 58.0 Å². The Morgan fingerprint density at radius 2 is 1.93 bits per heavy atom. The summed E-state index contributed by atoms with van der Waals surface area (Å²) in [5.74, 6) is -1.77. The second-order valence-electron chi connectivity index (χ2n) is 6.55. The van der Waals surface area contributed by atoms with Crippen LogP contribution in [0.25, 0.3) is 0 Å². The van der Waals surface area contributed by atoms with E-state index >= 15 is 0 Å². The van der Waals surface area contributed by atoms with Crippen molar-refractivity contribution in [2.75, 3.05) is 6.54 Å². The zero-order valence-electron chi connectivity index (χ0n) is 16.0. The molecule has 0 saturated heterocycles. The summed E-state index contributed by atoms with van der Waals surface area (Å²) >= 11 is 0. The molecule has 1 aliphatic rings. The van der Waals surface area contributed by atoms with Gasteiger partial charge in [-0.05, 0) is 18.2 Å². The van der Waals surface area contributed by atoms with Gasteiger partial charge in [0.2, 0.25) is 0 Å². The van der Waals surface area contributed by atoms with Gasteiger partial charge < -0.3 is 19.1 Å². The molecule has 0 aromatic carbocycles. The van der Waals surface area contributed by atoms with E-state index in [2.05, 4.69) is 14.6 Å². The highest BCUT2D eigenvalue weighted by atomic mass is 19.4. The molecule has 0 unspecified atom stereocenters. The number of amides is 1. The third-order valence-electron chi connectivity index (χ3n) is 4.52. The van der Waals surface area contributed by atoms with Crippen molar-refractivity contribution in [3.63, 3.8) is 0 Å². The maximum Gasteiger partial charge on any atom is 0.490 e. The van der Waals surface area contributed by atoms with Crippen molar-refractivity contribution in [2.24, 2.45) is 7.05 Å². The first-order valence-corrected chi connectivity index (χ1v) is 8.88. The SMILES string of the molecule is Cn1cccc1C(=O)N1CCn2c(Cn3cccn3)cnc2C1.O=C(O)C(F)(F)F. The number of fused-ring (bicyclic) bond motifs is 1. The number of hydrogen-bond donors (Lipinski definition) is 1. The van der Waals surface area contributed by atoms with Crippen molar-refractivity contribution in [3.05, 3.63) is 60.2 Å². The predicted octanol–water partition coefficient (Wildman–Crippen LogP) is 1.76. The number of aliphatic carboxylic acids is 1. The minimum Gasteiger partial charge on any atom is -0.475 e. The van der Waals surface area contributed by atoms with Crippen molar-refractivity contribution < 1.29 is 27.9 Å². The Morgan fingerprint density at radius 1 is 1.20 bits per heavy atom. The molecule has 3 aromatic rings. The summed E-state index contributed by atoms with van der Waals surface area (Å²) in [5, 5.41) is 11.4. The second-order valence-corrected chi connectivity index (χ2v) is 6.55. The van der Waals surface area contributed by atoms with Crippen LogP contribution in [-0.2, 0) is 31.5 Å². The lowest BCUT2D eigenvalue weighted by Crippen LogP contribution is -2.39. The normalized spacial score (nSPS) is 13.4. The summed E-state index contributed by atoms with van der Waals surface area (Å²) in [6, 6.07) is 5.65. The molecule has 4 rings (SSSR count). The topological polar surface area (TPSA) is 98.2 Å². The number of rotatable bonds is 3. The summed E-state index contributed by atoms with van der Waals surface area (Å²) in [5.41, 5.74) is 1.83. The first kappa shape index (κ1) is 21.1. The van der Waals surface area contributed by atoms with Gasteiger partial charge in [0, 0.05) is 38.7 Å². The van der Waals surface area contributed by atoms with Crippen molar-refractivity contribution >= 4 is 11.9 Å². The highest BCUT2D eigenvalue weighted by Crippen LogP contribution is 2.17. The Morgan fingerprint density at radius 3 is 2.50 bits per heavy atom. The smallest absolute Gasteiger partial charge is 0.475 e. The summed E-state index contributed by atoms with van der Waals surface area (Å²) in [7, 11) is 1.89. The largest absolute Gasteiger partial charge is 0.490 e. The number of alkyl halides is 3. The zero-order chi connectivity index (χ0) is 21.9. The highest BCUT2D eigenvalue weighted by molar-refractivity contribution is 5.92. The van der Waals surface area contributed by atoms with Gasteiger partial charge in [-0.15, -0.1) is 0 Å². The molecule has 4 heterocycles. The Bertz CT molecular complexity index is 1020. The van der Waals surface area contributed by atoms with E-state index in [1.165, 1.54) is 0 Å². The van der Waals surface area contributed by atoms with Crippen LogP contribution in [0.3, 0.4) is 0 Å². The molecule has 1 amide bonds. The third kappa shape index (κ3) is 4.70. The van der Waals surface area contributed by atoms with Crippen molar-refractivity contribution in [1.29, 1.82) is 0 Å². The molecule has 0 radical (unpaired) electrons. The Kier molecular flexibility index (Phi) is 5.94. The molecule has 12 heteroatoms. The van der Waals surface area contributed by atoms with E-state index in [0.29, 0.717) is 25.3 Å². The van der Waals surface area contributed by atoms with Gasteiger partial charge in [-0.25, -0.2) is 9.78 Å². The van der Waals surface area contributed by atoms with Gasteiger partial charge >= 0.3 is 12.1 Å². The summed E-state index contributed by atoms with van der Waals surface area (Å²) in [6.07, 6.45) is 2.40. The van der Waals surface area contributed by atoms with E-state index in [4.69, 9.17) is 9.90 Å². The van der Waals surface area contributed by atoms with Gasteiger partial charge in [-0.1, -0.05) is 0 Å². The van der Waals surface area contributed by atoms with E-state index < -0.39 is 12.1 Å². The van der Waals surface area contributed by atoms with Crippen LogP contribution >= 0.6 is 0 Å². The van der Waals surface area contributed by atoms with Crippen molar-refractivity contribution in [2.45, 2.75) is 25.8 Å². The van der Waals surface area contributed by atoms with Crippen LogP contribution in [-0.4, -0.2) is 58.5 Å².